The second kappa shape index (κ2) is 7.74. The number of carbonyl (C=O) groups excluding carboxylic acids is 1. The summed E-state index contributed by atoms with van der Waals surface area (Å²) in [5.41, 5.74) is 5.56. The Labute approximate surface area is 144 Å². The van der Waals surface area contributed by atoms with Crippen molar-refractivity contribution in [2.24, 2.45) is 0 Å². The lowest BCUT2D eigenvalue weighted by molar-refractivity contribution is 0.0980. The molecule has 1 heteroatoms. The van der Waals surface area contributed by atoms with Crippen molar-refractivity contribution in [2.45, 2.75) is 26.2 Å². The molecule has 0 aliphatic rings. The minimum absolute atomic E-state index is 0.236. The first-order valence-corrected chi connectivity index (χ1v) is 8.57. The van der Waals surface area contributed by atoms with E-state index in [9.17, 15) is 4.79 Å². The third kappa shape index (κ3) is 3.62. The monoisotopic (exact) mass is 314 g/mol. The molecule has 0 bridgehead atoms. The highest BCUT2D eigenvalue weighted by atomic mass is 16.1. The summed E-state index contributed by atoms with van der Waals surface area (Å²) >= 11 is 0. The molecule has 0 atom stereocenters. The number of hydrogen-bond acceptors (Lipinski definition) is 1. The summed E-state index contributed by atoms with van der Waals surface area (Å²) in [6, 6.07) is 26.8. The maximum atomic E-state index is 12.1. The van der Waals surface area contributed by atoms with Gasteiger partial charge in [-0.3, -0.25) is 4.79 Å². The molecule has 1 nitrogen and oxygen atoms in total. The van der Waals surface area contributed by atoms with E-state index in [-0.39, 0.29) is 5.78 Å². The lowest BCUT2D eigenvalue weighted by atomic mass is 9.93. The SMILES string of the molecule is CCCCC(=O)c1ccc(-c2ccccc2-c2ccccc2)cc1. The third-order valence-electron chi connectivity index (χ3n) is 4.29. The van der Waals surface area contributed by atoms with Crippen molar-refractivity contribution in [1.82, 2.24) is 0 Å². The topological polar surface area (TPSA) is 17.1 Å². The van der Waals surface area contributed by atoms with Crippen molar-refractivity contribution in [2.75, 3.05) is 0 Å². The lowest BCUT2D eigenvalue weighted by Crippen LogP contribution is -1.98. The van der Waals surface area contributed by atoms with Crippen molar-refractivity contribution < 1.29 is 4.79 Å². The fourth-order valence-electron chi connectivity index (χ4n) is 2.92. The number of ketones is 1. The van der Waals surface area contributed by atoms with Crippen molar-refractivity contribution in [3.63, 3.8) is 0 Å². The number of Topliss-reactive ketones (excluding diaryl/α,β-unsaturated/α-hetero) is 1. The Balaban J connectivity index is 1.92. The maximum absolute atomic E-state index is 12.1. The zero-order valence-electron chi connectivity index (χ0n) is 14.0. The second-order valence-corrected chi connectivity index (χ2v) is 6.02. The van der Waals surface area contributed by atoms with Gasteiger partial charge < -0.3 is 0 Å². The molecular formula is C23H22O. The molecule has 0 aliphatic carbocycles. The van der Waals surface area contributed by atoms with Gasteiger partial charge in [-0.05, 0) is 28.7 Å². The van der Waals surface area contributed by atoms with Crippen LogP contribution in [0.1, 0.15) is 36.5 Å². The third-order valence-corrected chi connectivity index (χ3v) is 4.29. The quantitative estimate of drug-likeness (QED) is 0.481. The van der Waals surface area contributed by atoms with Crippen LogP contribution in [0, 0.1) is 0 Å². The van der Waals surface area contributed by atoms with E-state index >= 15 is 0 Å². The van der Waals surface area contributed by atoms with E-state index in [1.807, 2.05) is 18.2 Å². The van der Waals surface area contributed by atoms with E-state index in [0.717, 1.165) is 24.0 Å². The molecule has 120 valence electrons. The van der Waals surface area contributed by atoms with Gasteiger partial charge in [-0.25, -0.2) is 0 Å². The van der Waals surface area contributed by atoms with Crippen molar-refractivity contribution in [3.05, 3.63) is 84.4 Å². The van der Waals surface area contributed by atoms with Crippen LogP contribution in [0.25, 0.3) is 22.3 Å². The van der Waals surface area contributed by atoms with Gasteiger partial charge in [0.15, 0.2) is 5.78 Å². The zero-order chi connectivity index (χ0) is 16.8. The van der Waals surface area contributed by atoms with Crippen LogP contribution in [0.2, 0.25) is 0 Å². The van der Waals surface area contributed by atoms with Gasteiger partial charge >= 0.3 is 0 Å². The Bertz CT molecular complexity index is 801. The first kappa shape index (κ1) is 16.2. The van der Waals surface area contributed by atoms with E-state index in [0.29, 0.717) is 6.42 Å². The first-order valence-electron chi connectivity index (χ1n) is 8.57. The summed E-state index contributed by atoms with van der Waals surface area (Å²) < 4.78 is 0. The molecule has 0 amide bonds. The lowest BCUT2D eigenvalue weighted by Gasteiger charge is -2.10. The highest BCUT2D eigenvalue weighted by Crippen LogP contribution is 2.32. The first-order chi connectivity index (χ1) is 11.8. The van der Waals surface area contributed by atoms with E-state index in [4.69, 9.17) is 0 Å². The van der Waals surface area contributed by atoms with Crippen LogP contribution in [0.5, 0.6) is 0 Å². The van der Waals surface area contributed by atoms with Crippen LogP contribution in [0.4, 0.5) is 0 Å². The van der Waals surface area contributed by atoms with Gasteiger partial charge in [-0.15, -0.1) is 0 Å². The largest absolute Gasteiger partial charge is 0.294 e. The number of benzene rings is 3. The molecule has 0 heterocycles. The normalized spacial score (nSPS) is 10.5. The summed E-state index contributed by atoms with van der Waals surface area (Å²) in [5, 5.41) is 0. The second-order valence-electron chi connectivity index (χ2n) is 6.02. The van der Waals surface area contributed by atoms with E-state index in [2.05, 4.69) is 67.6 Å². The average molecular weight is 314 g/mol. The summed E-state index contributed by atoms with van der Waals surface area (Å²) in [6.45, 7) is 2.11. The predicted octanol–water partition coefficient (Wildman–Crippen LogP) is 6.39. The molecule has 0 spiro atoms. The smallest absolute Gasteiger partial charge is 0.162 e. The van der Waals surface area contributed by atoms with Gasteiger partial charge in [0.25, 0.3) is 0 Å². The van der Waals surface area contributed by atoms with Gasteiger partial charge in [0, 0.05) is 12.0 Å². The molecule has 0 fully saturated rings. The summed E-state index contributed by atoms with van der Waals surface area (Å²) in [4.78, 5) is 12.1. The number of unbranched alkanes of at least 4 members (excludes halogenated alkanes) is 1. The van der Waals surface area contributed by atoms with Gasteiger partial charge in [0.05, 0.1) is 0 Å². The fourth-order valence-corrected chi connectivity index (χ4v) is 2.92. The molecule has 0 saturated heterocycles. The Kier molecular flexibility index (Phi) is 5.22. The molecule has 3 aromatic carbocycles. The van der Waals surface area contributed by atoms with Crippen molar-refractivity contribution in [3.8, 4) is 22.3 Å². The predicted molar refractivity (Wildman–Crippen MR) is 101 cm³/mol. The minimum Gasteiger partial charge on any atom is -0.294 e. The Hall–Kier alpha value is -2.67. The van der Waals surface area contributed by atoms with Crippen LogP contribution >= 0.6 is 0 Å². The van der Waals surface area contributed by atoms with Crippen LogP contribution in [0.15, 0.2) is 78.9 Å². The Morgan fingerprint density at radius 1 is 0.708 bits per heavy atom. The van der Waals surface area contributed by atoms with E-state index in [1.54, 1.807) is 0 Å². The fraction of sp³-hybridized carbons (Fsp3) is 0.174. The molecular weight excluding hydrogens is 292 g/mol. The Morgan fingerprint density at radius 2 is 1.25 bits per heavy atom. The molecule has 0 radical (unpaired) electrons. The summed E-state index contributed by atoms with van der Waals surface area (Å²) in [5.74, 6) is 0.236. The molecule has 24 heavy (non-hydrogen) atoms. The molecule has 0 N–H and O–H groups in total. The summed E-state index contributed by atoms with van der Waals surface area (Å²) in [6.07, 6.45) is 2.64. The summed E-state index contributed by atoms with van der Waals surface area (Å²) in [7, 11) is 0. The van der Waals surface area contributed by atoms with Gasteiger partial charge in [0.2, 0.25) is 0 Å². The minimum atomic E-state index is 0.236. The number of carbonyl (C=O) groups is 1. The van der Waals surface area contributed by atoms with Gasteiger partial charge in [-0.1, -0.05) is 92.2 Å². The van der Waals surface area contributed by atoms with Gasteiger partial charge in [0.1, 0.15) is 0 Å². The highest BCUT2D eigenvalue weighted by Gasteiger charge is 2.09. The Morgan fingerprint density at radius 3 is 1.83 bits per heavy atom. The van der Waals surface area contributed by atoms with Crippen molar-refractivity contribution in [1.29, 1.82) is 0 Å². The molecule has 0 unspecified atom stereocenters. The van der Waals surface area contributed by atoms with Crippen LogP contribution in [-0.2, 0) is 0 Å². The highest BCUT2D eigenvalue weighted by molar-refractivity contribution is 5.96. The van der Waals surface area contributed by atoms with Crippen LogP contribution < -0.4 is 0 Å². The number of rotatable bonds is 6. The maximum Gasteiger partial charge on any atom is 0.162 e. The number of hydrogen-bond donors (Lipinski definition) is 0. The van der Waals surface area contributed by atoms with Crippen LogP contribution in [-0.4, -0.2) is 5.78 Å². The zero-order valence-corrected chi connectivity index (χ0v) is 14.0. The molecule has 0 aromatic heterocycles. The molecule has 0 aliphatic heterocycles. The van der Waals surface area contributed by atoms with Gasteiger partial charge in [-0.2, -0.15) is 0 Å². The molecule has 3 aromatic rings. The van der Waals surface area contributed by atoms with Crippen molar-refractivity contribution >= 4 is 5.78 Å². The van der Waals surface area contributed by atoms with E-state index in [1.165, 1.54) is 16.7 Å². The molecule has 0 saturated carbocycles. The molecule has 3 rings (SSSR count). The average Bonchev–Trinajstić information content (AvgIpc) is 2.67. The van der Waals surface area contributed by atoms with Crippen LogP contribution in [0.3, 0.4) is 0 Å². The van der Waals surface area contributed by atoms with E-state index < -0.39 is 0 Å². The standard InChI is InChI=1S/C23H22O/c1-2-3-13-23(24)20-16-14-19(15-17-20)22-12-8-7-11-21(22)18-9-5-4-6-10-18/h4-12,14-17H,2-3,13H2,1H3.